The maximum absolute atomic E-state index is 5.57. The van der Waals surface area contributed by atoms with Crippen LogP contribution in [0.2, 0.25) is 0 Å². The van der Waals surface area contributed by atoms with Gasteiger partial charge in [-0.2, -0.15) is 5.10 Å². The average molecular weight is 312 g/mol. The Morgan fingerprint density at radius 2 is 2.26 bits per heavy atom. The summed E-state index contributed by atoms with van der Waals surface area (Å²) in [6.45, 7) is 6.94. The number of hydrogen-bond acceptors (Lipinski definition) is 4. The highest BCUT2D eigenvalue weighted by atomic mass is 16.5. The van der Waals surface area contributed by atoms with Crippen molar-refractivity contribution in [2.24, 2.45) is 0 Å². The summed E-state index contributed by atoms with van der Waals surface area (Å²) < 4.78 is 7.66. The molecule has 0 fully saturated rings. The zero-order chi connectivity index (χ0) is 15.8. The second-order valence-electron chi connectivity index (χ2n) is 6.88. The Labute approximate surface area is 137 Å². The van der Waals surface area contributed by atoms with E-state index in [-0.39, 0.29) is 0 Å². The van der Waals surface area contributed by atoms with Crippen molar-refractivity contribution in [3.63, 3.8) is 0 Å². The minimum absolute atomic E-state index is 0.396. The Morgan fingerprint density at radius 3 is 3.13 bits per heavy atom. The highest BCUT2D eigenvalue weighted by Crippen LogP contribution is 2.26. The van der Waals surface area contributed by atoms with Crippen molar-refractivity contribution in [2.45, 2.75) is 58.2 Å². The summed E-state index contributed by atoms with van der Waals surface area (Å²) in [5, 5.41) is 8.33. The third-order valence-electron chi connectivity index (χ3n) is 4.74. The van der Waals surface area contributed by atoms with Crippen LogP contribution in [0.1, 0.15) is 49.0 Å². The minimum Gasteiger partial charge on any atom is -0.493 e. The summed E-state index contributed by atoms with van der Waals surface area (Å²) in [4.78, 5) is 4.65. The fourth-order valence-corrected chi connectivity index (χ4v) is 3.35. The molecule has 23 heavy (non-hydrogen) atoms. The number of nitrogens with one attached hydrogen (secondary N) is 1. The topological polar surface area (TPSA) is 52.0 Å². The van der Waals surface area contributed by atoms with Crippen LogP contribution in [0, 0.1) is 0 Å². The molecule has 1 N–H and O–H groups in total. The van der Waals surface area contributed by atoms with Gasteiger partial charge in [0.15, 0.2) is 5.82 Å². The number of fused-ring (bicyclic) bond motifs is 2. The van der Waals surface area contributed by atoms with Gasteiger partial charge in [0.05, 0.1) is 13.2 Å². The van der Waals surface area contributed by atoms with E-state index < -0.39 is 0 Å². The van der Waals surface area contributed by atoms with Gasteiger partial charge in [-0.05, 0) is 23.6 Å². The molecule has 2 aliphatic heterocycles. The molecule has 0 unspecified atom stereocenters. The van der Waals surface area contributed by atoms with Crippen LogP contribution in [0.3, 0.4) is 0 Å². The molecular formula is C18H24N4O. The number of hydrogen-bond donors (Lipinski definition) is 1. The first kappa shape index (κ1) is 14.7. The molecule has 3 heterocycles. The quantitative estimate of drug-likeness (QED) is 0.942. The van der Waals surface area contributed by atoms with Crippen molar-refractivity contribution >= 4 is 0 Å². The average Bonchev–Trinajstić information content (AvgIpc) is 3.18. The largest absolute Gasteiger partial charge is 0.493 e. The van der Waals surface area contributed by atoms with E-state index in [1.54, 1.807) is 0 Å². The molecule has 1 aromatic carbocycles. The van der Waals surface area contributed by atoms with E-state index >= 15 is 0 Å². The van der Waals surface area contributed by atoms with E-state index in [1.807, 2.05) is 0 Å². The molecule has 2 aliphatic rings. The predicted molar refractivity (Wildman–Crippen MR) is 88.7 cm³/mol. The molecule has 5 nitrogen and oxygen atoms in total. The Hall–Kier alpha value is -1.88. The van der Waals surface area contributed by atoms with E-state index in [0.717, 1.165) is 56.4 Å². The summed E-state index contributed by atoms with van der Waals surface area (Å²) in [5.41, 5.74) is 2.68. The summed E-state index contributed by atoms with van der Waals surface area (Å²) in [5.74, 6) is 3.56. The smallest absolute Gasteiger partial charge is 0.153 e. The zero-order valence-corrected chi connectivity index (χ0v) is 13.9. The molecule has 0 bridgehead atoms. The number of nitrogens with zero attached hydrogens (tertiary/aromatic N) is 3. The summed E-state index contributed by atoms with van der Waals surface area (Å²) in [7, 11) is 0. The first-order valence-electron chi connectivity index (χ1n) is 8.60. The summed E-state index contributed by atoms with van der Waals surface area (Å²) in [6.07, 6.45) is 3.17. The molecule has 0 radical (unpaired) electrons. The van der Waals surface area contributed by atoms with Crippen LogP contribution in [0.5, 0.6) is 5.75 Å². The Bertz CT molecular complexity index is 707. The lowest BCUT2D eigenvalue weighted by atomic mass is 10.1. The molecule has 1 atom stereocenters. The van der Waals surface area contributed by atoms with Gasteiger partial charge in [-0.3, -0.25) is 0 Å². The normalized spacial score (nSPS) is 19.5. The van der Waals surface area contributed by atoms with Crippen LogP contribution < -0.4 is 10.1 Å². The molecule has 0 aliphatic carbocycles. The molecule has 4 rings (SSSR count). The summed E-state index contributed by atoms with van der Waals surface area (Å²) >= 11 is 0. The minimum atomic E-state index is 0.396. The van der Waals surface area contributed by atoms with E-state index in [9.17, 15) is 0 Å². The second-order valence-corrected chi connectivity index (χ2v) is 6.88. The second kappa shape index (κ2) is 5.96. The maximum atomic E-state index is 5.57. The van der Waals surface area contributed by atoms with Gasteiger partial charge in [0.2, 0.25) is 0 Å². The number of rotatable bonds is 4. The Kier molecular flexibility index (Phi) is 3.81. The lowest BCUT2D eigenvalue weighted by Gasteiger charge is -2.23. The van der Waals surface area contributed by atoms with Crippen LogP contribution in [-0.2, 0) is 25.9 Å². The Morgan fingerprint density at radius 1 is 1.35 bits per heavy atom. The molecular weight excluding hydrogens is 288 g/mol. The number of aromatic nitrogens is 3. The Balaban J connectivity index is 1.38. The first-order chi connectivity index (χ1) is 11.2. The van der Waals surface area contributed by atoms with Crippen molar-refractivity contribution in [1.82, 2.24) is 20.1 Å². The van der Waals surface area contributed by atoms with Crippen molar-refractivity contribution in [1.29, 1.82) is 0 Å². The van der Waals surface area contributed by atoms with Crippen molar-refractivity contribution in [3.8, 4) is 5.75 Å². The molecule has 2 aromatic rings. The van der Waals surface area contributed by atoms with E-state index in [2.05, 4.69) is 52.1 Å². The molecule has 5 heteroatoms. The molecule has 0 amide bonds. The van der Waals surface area contributed by atoms with Crippen LogP contribution in [0.25, 0.3) is 0 Å². The summed E-state index contributed by atoms with van der Waals surface area (Å²) in [6, 6.07) is 7.01. The van der Waals surface area contributed by atoms with Gasteiger partial charge in [-0.1, -0.05) is 26.0 Å². The van der Waals surface area contributed by atoms with Gasteiger partial charge in [0.1, 0.15) is 11.6 Å². The van der Waals surface area contributed by atoms with Gasteiger partial charge in [-0.25, -0.2) is 9.67 Å². The van der Waals surface area contributed by atoms with Crippen LogP contribution in [0.4, 0.5) is 0 Å². The monoisotopic (exact) mass is 312 g/mol. The fraction of sp³-hybridized carbons (Fsp3) is 0.556. The zero-order valence-electron chi connectivity index (χ0n) is 13.9. The van der Waals surface area contributed by atoms with Gasteiger partial charge in [-0.15, -0.1) is 0 Å². The SMILES string of the molecule is CC(C)c1nc2n(n1)C[C@@H](NCc1ccc3c(c1)CCO3)CC2. The van der Waals surface area contributed by atoms with Gasteiger partial charge >= 0.3 is 0 Å². The highest BCUT2D eigenvalue weighted by Gasteiger charge is 2.22. The number of benzene rings is 1. The first-order valence-corrected chi connectivity index (χ1v) is 8.60. The van der Waals surface area contributed by atoms with E-state index in [4.69, 9.17) is 4.74 Å². The number of ether oxygens (including phenoxy) is 1. The standard InChI is InChI=1S/C18H24N4O/c1-12(2)18-20-17-6-4-15(11-22(17)21-18)19-10-13-3-5-16-14(9-13)7-8-23-16/h3,5,9,12,15,19H,4,6-8,10-11H2,1-2H3/t15-/m0/s1. The van der Waals surface area contributed by atoms with Gasteiger partial charge < -0.3 is 10.1 Å². The van der Waals surface area contributed by atoms with Crippen LogP contribution in [-0.4, -0.2) is 27.4 Å². The lowest BCUT2D eigenvalue weighted by molar-refractivity contribution is 0.355. The molecule has 122 valence electrons. The van der Waals surface area contributed by atoms with Crippen LogP contribution in [0.15, 0.2) is 18.2 Å². The third-order valence-corrected chi connectivity index (χ3v) is 4.74. The fourth-order valence-electron chi connectivity index (χ4n) is 3.35. The third kappa shape index (κ3) is 2.98. The van der Waals surface area contributed by atoms with Gasteiger partial charge in [0, 0.05) is 31.3 Å². The maximum Gasteiger partial charge on any atom is 0.153 e. The lowest BCUT2D eigenvalue weighted by Crippen LogP contribution is -2.37. The molecule has 0 spiro atoms. The molecule has 0 saturated heterocycles. The van der Waals surface area contributed by atoms with Crippen molar-refractivity contribution < 1.29 is 4.74 Å². The van der Waals surface area contributed by atoms with Crippen LogP contribution >= 0.6 is 0 Å². The van der Waals surface area contributed by atoms with Crippen molar-refractivity contribution in [3.05, 3.63) is 41.0 Å². The van der Waals surface area contributed by atoms with Crippen molar-refractivity contribution in [2.75, 3.05) is 6.61 Å². The van der Waals surface area contributed by atoms with E-state index in [1.165, 1.54) is 11.1 Å². The molecule has 0 saturated carbocycles. The predicted octanol–water partition coefficient (Wildman–Crippen LogP) is 2.44. The molecule has 1 aromatic heterocycles. The highest BCUT2D eigenvalue weighted by molar-refractivity contribution is 5.39. The van der Waals surface area contributed by atoms with Gasteiger partial charge in [0.25, 0.3) is 0 Å². The van der Waals surface area contributed by atoms with E-state index in [0.29, 0.717) is 12.0 Å². The number of aryl methyl sites for hydroxylation is 1.